The summed E-state index contributed by atoms with van der Waals surface area (Å²) in [6.07, 6.45) is 3.09. The van der Waals surface area contributed by atoms with Gasteiger partial charge in [0.15, 0.2) is 0 Å². The standard InChI is InChI=1S/C14H16BrNO/c1-10-6-7-11(9-16)14(8-10)17-13-5-3-2-4-12(13)15/h2-5,10-11,14H,6-8H2,1H3. The minimum absolute atomic E-state index is 0.0262. The van der Waals surface area contributed by atoms with Crippen LogP contribution >= 0.6 is 15.9 Å². The van der Waals surface area contributed by atoms with Gasteiger partial charge in [-0.1, -0.05) is 19.1 Å². The van der Waals surface area contributed by atoms with Gasteiger partial charge >= 0.3 is 0 Å². The lowest BCUT2D eigenvalue weighted by atomic mass is 9.81. The third-order valence-electron chi connectivity index (χ3n) is 3.33. The van der Waals surface area contributed by atoms with Crippen molar-refractivity contribution in [3.8, 4) is 11.8 Å². The van der Waals surface area contributed by atoms with E-state index in [-0.39, 0.29) is 12.0 Å². The Balaban J connectivity index is 2.11. The van der Waals surface area contributed by atoms with E-state index in [2.05, 4.69) is 28.9 Å². The molecule has 1 aliphatic rings. The summed E-state index contributed by atoms with van der Waals surface area (Å²) < 4.78 is 6.94. The van der Waals surface area contributed by atoms with E-state index < -0.39 is 0 Å². The quantitative estimate of drug-likeness (QED) is 0.820. The molecule has 0 aliphatic heterocycles. The number of nitriles is 1. The van der Waals surface area contributed by atoms with Gasteiger partial charge < -0.3 is 4.74 Å². The first-order valence-electron chi connectivity index (χ1n) is 6.01. The normalized spacial score (nSPS) is 28.4. The van der Waals surface area contributed by atoms with Gasteiger partial charge in [-0.15, -0.1) is 0 Å². The third kappa shape index (κ3) is 3.01. The first-order valence-corrected chi connectivity index (χ1v) is 6.81. The molecule has 0 heterocycles. The van der Waals surface area contributed by atoms with Crippen LogP contribution in [0.25, 0.3) is 0 Å². The van der Waals surface area contributed by atoms with Crippen molar-refractivity contribution in [2.24, 2.45) is 11.8 Å². The van der Waals surface area contributed by atoms with Crippen LogP contribution < -0.4 is 4.74 Å². The molecule has 0 radical (unpaired) electrons. The maximum absolute atomic E-state index is 9.15. The van der Waals surface area contributed by atoms with Crippen LogP contribution in [0.1, 0.15) is 26.2 Å². The second kappa shape index (κ2) is 5.55. The molecule has 2 rings (SSSR count). The van der Waals surface area contributed by atoms with Crippen LogP contribution in [-0.4, -0.2) is 6.10 Å². The van der Waals surface area contributed by atoms with E-state index in [1.165, 1.54) is 0 Å². The maximum atomic E-state index is 9.15. The number of benzene rings is 1. The molecule has 1 fully saturated rings. The molecule has 0 saturated heterocycles. The molecule has 17 heavy (non-hydrogen) atoms. The number of hydrogen-bond acceptors (Lipinski definition) is 2. The predicted octanol–water partition coefficient (Wildman–Crippen LogP) is 4.16. The number of hydrogen-bond donors (Lipinski definition) is 0. The summed E-state index contributed by atoms with van der Waals surface area (Å²) >= 11 is 3.47. The van der Waals surface area contributed by atoms with Crippen LogP contribution in [0.15, 0.2) is 28.7 Å². The monoisotopic (exact) mass is 293 g/mol. The van der Waals surface area contributed by atoms with E-state index in [0.29, 0.717) is 5.92 Å². The van der Waals surface area contributed by atoms with Gasteiger partial charge in [-0.2, -0.15) is 5.26 Å². The van der Waals surface area contributed by atoms with Crippen molar-refractivity contribution in [2.75, 3.05) is 0 Å². The first-order chi connectivity index (χ1) is 8.20. The van der Waals surface area contributed by atoms with Gasteiger partial charge in [0.05, 0.1) is 16.5 Å². The highest BCUT2D eigenvalue weighted by atomic mass is 79.9. The van der Waals surface area contributed by atoms with Crippen molar-refractivity contribution in [2.45, 2.75) is 32.3 Å². The van der Waals surface area contributed by atoms with Gasteiger partial charge in [0.25, 0.3) is 0 Å². The molecule has 0 N–H and O–H groups in total. The number of ether oxygens (including phenoxy) is 1. The fraction of sp³-hybridized carbons (Fsp3) is 0.500. The van der Waals surface area contributed by atoms with Crippen molar-refractivity contribution < 1.29 is 4.74 Å². The Morgan fingerprint density at radius 1 is 1.35 bits per heavy atom. The minimum Gasteiger partial charge on any atom is -0.488 e. The first kappa shape index (κ1) is 12.4. The predicted molar refractivity (Wildman–Crippen MR) is 70.7 cm³/mol. The summed E-state index contributed by atoms with van der Waals surface area (Å²) in [6.45, 7) is 2.23. The van der Waals surface area contributed by atoms with Crippen molar-refractivity contribution in [1.82, 2.24) is 0 Å². The number of para-hydroxylation sites is 1. The van der Waals surface area contributed by atoms with Crippen molar-refractivity contribution >= 4 is 15.9 Å². The Morgan fingerprint density at radius 3 is 2.82 bits per heavy atom. The van der Waals surface area contributed by atoms with Crippen molar-refractivity contribution in [1.29, 1.82) is 5.26 Å². The van der Waals surface area contributed by atoms with Crippen LogP contribution in [0.5, 0.6) is 5.75 Å². The molecule has 0 spiro atoms. The van der Waals surface area contributed by atoms with E-state index in [4.69, 9.17) is 10.00 Å². The molecule has 1 aromatic rings. The molecule has 0 aromatic heterocycles. The smallest absolute Gasteiger partial charge is 0.133 e. The van der Waals surface area contributed by atoms with Gasteiger partial charge in [-0.05, 0) is 53.2 Å². The van der Waals surface area contributed by atoms with Crippen LogP contribution in [-0.2, 0) is 0 Å². The average molecular weight is 294 g/mol. The Morgan fingerprint density at radius 2 is 2.12 bits per heavy atom. The van der Waals surface area contributed by atoms with Gasteiger partial charge in [-0.25, -0.2) is 0 Å². The second-order valence-electron chi connectivity index (χ2n) is 4.74. The topological polar surface area (TPSA) is 33.0 Å². The van der Waals surface area contributed by atoms with Gasteiger partial charge in [0.1, 0.15) is 11.9 Å². The van der Waals surface area contributed by atoms with Crippen LogP contribution in [0.4, 0.5) is 0 Å². The number of nitrogens with zero attached hydrogens (tertiary/aromatic N) is 1. The highest BCUT2D eigenvalue weighted by Gasteiger charge is 2.30. The fourth-order valence-corrected chi connectivity index (χ4v) is 2.69. The number of rotatable bonds is 2. The Labute approximate surface area is 111 Å². The zero-order chi connectivity index (χ0) is 12.3. The Kier molecular flexibility index (Phi) is 4.06. The molecule has 3 atom stereocenters. The molecule has 2 nitrogen and oxygen atoms in total. The van der Waals surface area contributed by atoms with E-state index in [9.17, 15) is 0 Å². The van der Waals surface area contributed by atoms with Crippen molar-refractivity contribution in [3.63, 3.8) is 0 Å². The summed E-state index contributed by atoms with van der Waals surface area (Å²) in [6, 6.07) is 10.2. The average Bonchev–Trinajstić information content (AvgIpc) is 2.32. The van der Waals surface area contributed by atoms with E-state index >= 15 is 0 Å². The Bertz CT molecular complexity index is 426. The second-order valence-corrected chi connectivity index (χ2v) is 5.59. The largest absolute Gasteiger partial charge is 0.488 e. The highest BCUT2D eigenvalue weighted by Crippen LogP contribution is 2.33. The summed E-state index contributed by atoms with van der Waals surface area (Å²) in [7, 11) is 0. The molecule has 1 aromatic carbocycles. The minimum atomic E-state index is 0.0262. The zero-order valence-electron chi connectivity index (χ0n) is 9.90. The van der Waals surface area contributed by atoms with Crippen LogP contribution in [0.2, 0.25) is 0 Å². The number of halogens is 1. The van der Waals surface area contributed by atoms with E-state index in [1.54, 1.807) is 0 Å². The molecular formula is C14H16BrNO. The van der Waals surface area contributed by atoms with Crippen LogP contribution in [0, 0.1) is 23.2 Å². The third-order valence-corrected chi connectivity index (χ3v) is 3.99. The summed E-state index contributed by atoms with van der Waals surface area (Å²) in [4.78, 5) is 0. The molecule has 3 heteroatoms. The summed E-state index contributed by atoms with van der Waals surface area (Å²) in [5, 5.41) is 9.15. The molecule has 90 valence electrons. The summed E-state index contributed by atoms with van der Waals surface area (Å²) in [5.41, 5.74) is 0. The SMILES string of the molecule is CC1CCC(C#N)C(Oc2ccccc2Br)C1. The maximum Gasteiger partial charge on any atom is 0.133 e. The van der Waals surface area contributed by atoms with Gasteiger partial charge in [0, 0.05) is 0 Å². The lowest BCUT2D eigenvalue weighted by Crippen LogP contribution is -2.32. The molecule has 0 amide bonds. The fourth-order valence-electron chi connectivity index (χ4n) is 2.31. The lowest BCUT2D eigenvalue weighted by molar-refractivity contribution is 0.0949. The Hall–Kier alpha value is -1.01. The zero-order valence-corrected chi connectivity index (χ0v) is 11.5. The van der Waals surface area contributed by atoms with Gasteiger partial charge in [-0.3, -0.25) is 0 Å². The summed E-state index contributed by atoms with van der Waals surface area (Å²) in [5.74, 6) is 1.51. The van der Waals surface area contributed by atoms with E-state index in [0.717, 1.165) is 29.5 Å². The molecule has 1 saturated carbocycles. The molecule has 3 unspecified atom stereocenters. The highest BCUT2D eigenvalue weighted by molar-refractivity contribution is 9.10. The molecular weight excluding hydrogens is 278 g/mol. The lowest BCUT2D eigenvalue weighted by Gasteiger charge is -2.31. The molecule has 1 aliphatic carbocycles. The van der Waals surface area contributed by atoms with Crippen LogP contribution in [0.3, 0.4) is 0 Å². The molecule has 0 bridgehead atoms. The van der Waals surface area contributed by atoms with E-state index in [1.807, 2.05) is 24.3 Å². The van der Waals surface area contributed by atoms with Crippen molar-refractivity contribution in [3.05, 3.63) is 28.7 Å². The van der Waals surface area contributed by atoms with Gasteiger partial charge in [0.2, 0.25) is 0 Å².